The summed E-state index contributed by atoms with van der Waals surface area (Å²) in [5.74, 6) is -1.28. The average molecular weight is 273 g/mol. The predicted molar refractivity (Wildman–Crippen MR) is 70.8 cm³/mol. The van der Waals surface area contributed by atoms with Gasteiger partial charge < -0.3 is 20.2 Å². The molecular weight excluding hydrogens is 250 g/mol. The van der Waals surface area contributed by atoms with Crippen molar-refractivity contribution < 1.29 is 19.5 Å². The van der Waals surface area contributed by atoms with Crippen LogP contribution in [-0.4, -0.2) is 65.5 Å². The SMILES string of the molecule is CCC(C(=O)O)N(C)C(=O)NC(C)C(=O)N(C)CC. The molecule has 0 aromatic heterocycles. The number of nitrogens with zero attached hydrogens (tertiary/aromatic N) is 2. The Kier molecular flexibility index (Phi) is 6.89. The Morgan fingerprint density at radius 3 is 2.11 bits per heavy atom. The molecule has 7 heteroatoms. The largest absolute Gasteiger partial charge is 0.480 e. The van der Waals surface area contributed by atoms with E-state index < -0.39 is 24.1 Å². The smallest absolute Gasteiger partial charge is 0.326 e. The lowest BCUT2D eigenvalue weighted by atomic mass is 10.2. The Morgan fingerprint density at radius 1 is 1.21 bits per heavy atom. The molecule has 0 bridgehead atoms. The summed E-state index contributed by atoms with van der Waals surface area (Å²) in [6.45, 7) is 5.63. The number of rotatable bonds is 6. The van der Waals surface area contributed by atoms with Gasteiger partial charge in [-0.3, -0.25) is 4.79 Å². The monoisotopic (exact) mass is 273 g/mol. The van der Waals surface area contributed by atoms with Crippen LogP contribution in [0.1, 0.15) is 27.2 Å². The van der Waals surface area contributed by atoms with Crippen molar-refractivity contribution in [2.45, 2.75) is 39.3 Å². The number of aliphatic carboxylic acids is 1. The van der Waals surface area contributed by atoms with E-state index in [4.69, 9.17) is 5.11 Å². The van der Waals surface area contributed by atoms with Crippen molar-refractivity contribution in [1.29, 1.82) is 0 Å². The Balaban J connectivity index is 4.60. The molecule has 3 amide bonds. The first-order valence-corrected chi connectivity index (χ1v) is 6.27. The first kappa shape index (κ1) is 17.2. The van der Waals surface area contributed by atoms with Crippen LogP contribution in [0.3, 0.4) is 0 Å². The zero-order valence-electron chi connectivity index (χ0n) is 12.1. The summed E-state index contributed by atoms with van der Waals surface area (Å²) in [4.78, 5) is 37.2. The molecule has 0 spiro atoms. The molecule has 2 atom stereocenters. The molecule has 0 saturated heterocycles. The van der Waals surface area contributed by atoms with Crippen molar-refractivity contribution in [3.63, 3.8) is 0 Å². The van der Waals surface area contributed by atoms with Crippen molar-refractivity contribution >= 4 is 17.9 Å². The molecule has 2 N–H and O–H groups in total. The number of carboxylic acids is 1. The Hall–Kier alpha value is -1.79. The maximum Gasteiger partial charge on any atom is 0.326 e. The van der Waals surface area contributed by atoms with Crippen molar-refractivity contribution in [3.8, 4) is 0 Å². The lowest BCUT2D eigenvalue weighted by Gasteiger charge is -2.27. The van der Waals surface area contributed by atoms with Crippen LogP contribution >= 0.6 is 0 Å². The highest BCUT2D eigenvalue weighted by Crippen LogP contribution is 2.03. The number of urea groups is 1. The molecule has 0 fully saturated rings. The maximum atomic E-state index is 11.9. The summed E-state index contributed by atoms with van der Waals surface area (Å²) in [7, 11) is 3.04. The van der Waals surface area contributed by atoms with E-state index in [0.29, 0.717) is 13.0 Å². The van der Waals surface area contributed by atoms with E-state index in [2.05, 4.69) is 5.32 Å². The van der Waals surface area contributed by atoms with Gasteiger partial charge in [0.05, 0.1) is 0 Å². The first-order chi connectivity index (χ1) is 8.76. The molecule has 0 aliphatic carbocycles. The molecule has 0 aliphatic heterocycles. The van der Waals surface area contributed by atoms with E-state index in [1.54, 1.807) is 20.9 Å². The number of carbonyl (C=O) groups excluding carboxylic acids is 2. The van der Waals surface area contributed by atoms with Gasteiger partial charge in [0, 0.05) is 20.6 Å². The Bertz CT molecular complexity index is 346. The number of likely N-dealkylation sites (N-methyl/N-ethyl adjacent to an activating group) is 2. The van der Waals surface area contributed by atoms with Gasteiger partial charge in [0.2, 0.25) is 5.91 Å². The fraction of sp³-hybridized carbons (Fsp3) is 0.750. The van der Waals surface area contributed by atoms with Gasteiger partial charge in [0.15, 0.2) is 0 Å². The fourth-order valence-electron chi connectivity index (χ4n) is 1.59. The third-order valence-corrected chi connectivity index (χ3v) is 3.02. The van der Waals surface area contributed by atoms with Crippen LogP contribution in [0.4, 0.5) is 4.79 Å². The lowest BCUT2D eigenvalue weighted by Crippen LogP contribution is -2.52. The summed E-state index contributed by atoms with van der Waals surface area (Å²) in [5.41, 5.74) is 0. The number of hydrogen-bond donors (Lipinski definition) is 2. The van der Waals surface area contributed by atoms with Crippen LogP contribution in [0.15, 0.2) is 0 Å². The maximum absolute atomic E-state index is 11.9. The summed E-state index contributed by atoms with van der Waals surface area (Å²) in [5, 5.41) is 11.5. The fourth-order valence-corrected chi connectivity index (χ4v) is 1.59. The minimum Gasteiger partial charge on any atom is -0.480 e. The zero-order valence-corrected chi connectivity index (χ0v) is 12.1. The normalized spacial score (nSPS) is 13.3. The van der Waals surface area contributed by atoms with Crippen LogP contribution in [0.2, 0.25) is 0 Å². The Labute approximate surface area is 113 Å². The average Bonchev–Trinajstić information content (AvgIpc) is 2.36. The molecule has 0 radical (unpaired) electrons. The van der Waals surface area contributed by atoms with Crippen LogP contribution in [-0.2, 0) is 9.59 Å². The molecule has 19 heavy (non-hydrogen) atoms. The van der Waals surface area contributed by atoms with Crippen molar-refractivity contribution in [2.75, 3.05) is 20.6 Å². The molecule has 0 heterocycles. The van der Waals surface area contributed by atoms with Gasteiger partial charge in [-0.05, 0) is 20.3 Å². The van der Waals surface area contributed by atoms with E-state index in [1.807, 2.05) is 6.92 Å². The molecule has 7 nitrogen and oxygen atoms in total. The van der Waals surface area contributed by atoms with Gasteiger partial charge in [-0.15, -0.1) is 0 Å². The number of nitrogens with one attached hydrogen (secondary N) is 1. The van der Waals surface area contributed by atoms with E-state index >= 15 is 0 Å². The molecule has 0 aromatic rings. The highest BCUT2D eigenvalue weighted by atomic mass is 16.4. The van der Waals surface area contributed by atoms with Gasteiger partial charge in [-0.2, -0.15) is 0 Å². The van der Waals surface area contributed by atoms with Gasteiger partial charge in [-0.1, -0.05) is 6.92 Å². The van der Waals surface area contributed by atoms with Crippen LogP contribution < -0.4 is 5.32 Å². The van der Waals surface area contributed by atoms with Gasteiger partial charge >= 0.3 is 12.0 Å². The second-order valence-corrected chi connectivity index (χ2v) is 4.40. The summed E-state index contributed by atoms with van der Waals surface area (Å²) in [6.07, 6.45) is 0.302. The second-order valence-electron chi connectivity index (χ2n) is 4.40. The molecule has 0 saturated carbocycles. The number of hydrogen-bond acceptors (Lipinski definition) is 3. The van der Waals surface area contributed by atoms with Crippen molar-refractivity contribution in [3.05, 3.63) is 0 Å². The highest BCUT2D eigenvalue weighted by molar-refractivity contribution is 5.88. The first-order valence-electron chi connectivity index (χ1n) is 6.27. The van der Waals surface area contributed by atoms with Crippen LogP contribution in [0.25, 0.3) is 0 Å². The van der Waals surface area contributed by atoms with Crippen molar-refractivity contribution in [2.24, 2.45) is 0 Å². The second kappa shape index (κ2) is 7.60. The molecular formula is C12H23N3O4. The third-order valence-electron chi connectivity index (χ3n) is 3.02. The third kappa shape index (κ3) is 4.76. The standard InChI is InChI=1S/C12H23N3O4/c1-6-9(11(17)18)15(5)12(19)13-8(3)10(16)14(4)7-2/h8-9H,6-7H2,1-5H3,(H,13,19)(H,17,18). The van der Waals surface area contributed by atoms with Crippen molar-refractivity contribution in [1.82, 2.24) is 15.1 Å². The van der Waals surface area contributed by atoms with E-state index in [0.717, 1.165) is 4.90 Å². The molecule has 0 aliphatic rings. The lowest BCUT2D eigenvalue weighted by molar-refractivity contribution is -0.141. The van der Waals surface area contributed by atoms with E-state index in [-0.39, 0.29) is 5.91 Å². The number of amides is 3. The van der Waals surface area contributed by atoms with E-state index in [9.17, 15) is 14.4 Å². The quantitative estimate of drug-likeness (QED) is 0.731. The summed E-state index contributed by atoms with van der Waals surface area (Å²) < 4.78 is 0. The topological polar surface area (TPSA) is 90.0 Å². The zero-order chi connectivity index (χ0) is 15.2. The van der Waals surface area contributed by atoms with Gasteiger partial charge in [-0.25, -0.2) is 9.59 Å². The highest BCUT2D eigenvalue weighted by Gasteiger charge is 2.27. The van der Waals surface area contributed by atoms with E-state index in [1.165, 1.54) is 11.9 Å². The van der Waals surface area contributed by atoms with Crippen LogP contribution in [0, 0.1) is 0 Å². The predicted octanol–water partition coefficient (Wildman–Crippen LogP) is 0.358. The summed E-state index contributed by atoms with van der Waals surface area (Å²) in [6, 6.07) is -2.16. The molecule has 2 unspecified atom stereocenters. The van der Waals surface area contributed by atoms with Gasteiger partial charge in [0.1, 0.15) is 12.1 Å². The molecule has 0 aromatic carbocycles. The minimum absolute atomic E-state index is 0.215. The Morgan fingerprint density at radius 2 is 1.74 bits per heavy atom. The number of carboxylic acid groups (broad SMARTS) is 1. The minimum atomic E-state index is -1.06. The molecule has 0 rings (SSSR count). The summed E-state index contributed by atoms with van der Waals surface area (Å²) >= 11 is 0. The molecule has 110 valence electrons. The van der Waals surface area contributed by atoms with Gasteiger partial charge in [0.25, 0.3) is 0 Å². The number of carbonyl (C=O) groups is 3. The van der Waals surface area contributed by atoms with Crippen LogP contribution in [0.5, 0.6) is 0 Å².